The van der Waals surface area contributed by atoms with Gasteiger partial charge >= 0.3 is 6.18 Å². The van der Waals surface area contributed by atoms with Crippen LogP contribution in [0.1, 0.15) is 11.5 Å². The van der Waals surface area contributed by atoms with E-state index in [0.717, 1.165) is 0 Å². The summed E-state index contributed by atoms with van der Waals surface area (Å²) in [5, 5.41) is 2.81. The first-order valence-electron chi connectivity index (χ1n) is 5.47. The number of likely N-dealkylation sites (N-methyl/N-ethyl adjacent to an activating group) is 1. The van der Waals surface area contributed by atoms with Crippen molar-refractivity contribution in [3.8, 4) is 0 Å². The molecule has 0 saturated heterocycles. The Morgan fingerprint density at radius 1 is 1.28 bits per heavy atom. The zero-order valence-corrected chi connectivity index (χ0v) is 9.93. The molecule has 0 aromatic heterocycles. The van der Waals surface area contributed by atoms with Gasteiger partial charge < -0.3 is 10.1 Å². The van der Waals surface area contributed by atoms with Crippen LogP contribution in [0.2, 0.25) is 0 Å². The fraction of sp³-hybridized carbons (Fsp3) is 0.500. The minimum Gasteiger partial charge on any atom is -0.371 e. The first kappa shape index (κ1) is 14.9. The molecule has 0 spiro atoms. The number of ether oxygens (including phenoxy) is 1. The minimum atomic E-state index is -4.36. The third kappa shape index (κ3) is 5.01. The van der Waals surface area contributed by atoms with Crippen molar-refractivity contribution in [2.75, 3.05) is 26.8 Å². The molecule has 0 radical (unpaired) electrons. The molecule has 1 rings (SSSR count). The monoisotopic (exact) mass is 265 g/mol. The number of rotatable bonds is 6. The highest BCUT2D eigenvalue weighted by atomic mass is 19.4. The summed E-state index contributed by atoms with van der Waals surface area (Å²) >= 11 is 0. The lowest BCUT2D eigenvalue weighted by atomic mass is 9.99. The second-order valence-corrected chi connectivity index (χ2v) is 3.91. The molecule has 0 heterocycles. The van der Waals surface area contributed by atoms with Gasteiger partial charge in [-0.3, -0.25) is 0 Å². The van der Waals surface area contributed by atoms with Gasteiger partial charge in [0.2, 0.25) is 0 Å². The number of hydrogen-bond acceptors (Lipinski definition) is 2. The van der Waals surface area contributed by atoms with E-state index in [2.05, 4.69) is 10.1 Å². The van der Waals surface area contributed by atoms with Gasteiger partial charge in [-0.15, -0.1) is 0 Å². The summed E-state index contributed by atoms with van der Waals surface area (Å²) in [6.07, 6.45) is -4.36. The van der Waals surface area contributed by atoms with Crippen molar-refractivity contribution in [3.05, 3.63) is 35.6 Å². The van der Waals surface area contributed by atoms with E-state index in [9.17, 15) is 17.6 Å². The predicted molar refractivity (Wildman–Crippen MR) is 59.9 cm³/mol. The standard InChI is InChI=1S/C12H15F4NO/c1-17-6-9(7-18-8-12(14,15)16)10-4-2-3-5-11(10)13/h2-5,9,17H,6-8H2,1H3. The van der Waals surface area contributed by atoms with Gasteiger partial charge in [0.05, 0.1) is 6.61 Å². The third-order valence-electron chi connectivity index (χ3n) is 2.38. The molecule has 6 heteroatoms. The fourth-order valence-electron chi connectivity index (χ4n) is 1.63. The molecule has 0 amide bonds. The Morgan fingerprint density at radius 2 is 1.94 bits per heavy atom. The van der Waals surface area contributed by atoms with Gasteiger partial charge in [-0.2, -0.15) is 13.2 Å². The summed E-state index contributed by atoms with van der Waals surface area (Å²) in [5.74, 6) is -0.882. The van der Waals surface area contributed by atoms with Crippen molar-refractivity contribution in [1.29, 1.82) is 0 Å². The molecule has 1 N–H and O–H groups in total. The van der Waals surface area contributed by atoms with Crippen molar-refractivity contribution < 1.29 is 22.3 Å². The molecular formula is C12H15F4NO. The maximum Gasteiger partial charge on any atom is 0.411 e. The molecule has 1 aromatic carbocycles. The van der Waals surface area contributed by atoms with E-state index in [1.165, 1.54) is 12.1 Å². The Morgan fingerprint density at radius 3 is 2.50 bits per heavy atom. The van der Waals surface area contributed by atoms with E-state index in [1.54, 1.807) is 19.2 Å². The number of halogens is 4. The molecule has 1 aromatic rings. The topological polar surface area (TPSA) is 21.3 Å². The van der Waals surface area contributed by atoms with E-state index in [0.29, 0.717) is 12.1 Å². The van der Waals surface area contributed by atoms with Gasteiger partial charge in [-0.25, -0.2) is 4.39 Å². The van der Waals surface area contributed by atoms with Crippen LogP contribution in [0.25, 0.3) is 0 Å². The SMILES string of the molecule is CNCC(COCC(F)(F)F)c1ccccc1F. The lowest BCUT2D eigenvalue weighted by Gasteiger charge is -2.18. The number of nitrogens with one attached hydrogen (secondary N) is 1. The van der Waals surface area contributed by atoms with E-state index < -0.39 is 24.5 Å². The highest BCUT2D eigenvalue weighted by Crippen LogP contribution is 2.21. The molecule has 0 saturated carbocycles. The number of hydrogen-bond donors (Lipinski definition) is 1. The Labute approximate surface area is 103 Å². The van der Waals surface area contributed by atoms with Crippen molar-refractivity contribution in [2.45, 2.75) is 12.1 Å². The average Bonchev–Trinajstić information content (AvgIpc) is 2.27. The maximum atomic E-state index is 13.5. The summed E-state index contributed by atoms with van der Waals surface area (Å²) in [5.41, 5.74) is 0.356. The highest BCUT2D eigenvalue weighted by molar-refractivity contribution is 5.22. The molecule has 18 heavy (non-hydrogen) atoms. The summed E-state index contributed by atoms with van der Waals surface area (Å²) in [7, 11) is 1.65. The third-order valence-corrected chi connectivity index (χ3v) is 2.38. The van der Waals surface area contributed by atoms with E-state index in [4.69, 9.17) is 0 Å². The first-order valence-corrected chi connectivity index (χ1v) is 5.47. The van der Waals surface area contributed by atoms with Gasteiger partial charge in [-0.05, 0) is 18.7 Å². The zero-order chi connectivity index (χ0) is 13.6. The number of benzene rings is 1. The predicted octanol–water partition coefficient (Wildman–Crippen LogP) is 2.71. The molecule has 0 bridgehead atoms. The first-order chi connectivity index (χ1) is 8.44. The zero-order valence-electron chi connectivity index (χ0n) is 9.93. The Balaban J connectivity index is 2.63. The van der Waals surface area contributed by atoms with E-state index in [1.807, 2.05) is 0 Å². The van der Waals surface area contributed by atoms with E-state index >= 15 is 0 Å². The minimum absolute atomic E-state index is 0.179. The molecular weight excluding hydrogens is 250 g/mol. The molecule has 0 aliphatic heterocycles. The Bertz CT molecular complexity index is 367. The Kier molecular flexibility index (Phi) is 5.55. The van der Waals surface area contributed by atoms with Crippen molar-refractivity contribution in [1.82, 2.24) is 5.32 Å². The van der Waals surface area contributed by atoms with Crippen molar-refractivity contribution in [2.24, 2.45) is 0 Å². The normalized spacial score (nSPS) is 13.6. The average molecular weight is 265 g/mol. The fourth-order valence-corrected chi connectivity index (χ4v) is 1.63. The highest BCUT2D eigenvalue weighted by Gasteiger charge is 2.28. The molecule has 0 fully saturated rings. The van der Waals surface area contributed by atoms with Crippen LogP contribution < -0.4 is 5.32 Å². The van der Waals surface area contributed by atoms with Crippen LogP contribution in [0.4, 0.5) is 17.6 Å². The van der Waals surface area contributed by atoms with Gasteiger partial charge in [0.1, 0.15) is 12.4 Å². The Hall–Kier alpha value is -1.14. The summed E-state index contributed by atoms with van der Waals surface area (Å²) in [6, 6.07) is 6.01. The number of alkyl halides is 3. The maximum absolute atomic E-state index is 13.5. The van der Waals surface area contributed by atoms with Crippen LogP contribution in [0, 0.1) is 5.82 Å². The van der Waals surface area contributed by atoms with Gasteiger partial charge in [0.15, 0.2) is 0 Å². The van der Waals surface area contributed by atoms with Crippen LogP contribution in [-0.2, 0) is 4.74 Å². The van der Waals surface area contributed by atoms with Crippen LogP contribution >= 0.6 is 0 Å². The largest absolute Gasteiger partial charge is 0.411 e. The molecule has 2 nitrogen and oxygen atoms in total. The lowest BCUT2D eigenvalue weighted by Crippen LogP contribution is -2.25. The van der Waals surface area contributed by atoms with Crippen LogP contribution in [-0.4, -0.2) is 33.0 Å². The molecule has 102 valence electrons. The van der Waals surface area contributed by atoms with Crippen LogP contribution in [0.15, 0.2) is 24.3 Å². The second-order valence-electron chi connectivity index (χ2n) is 3.91. The molecule has 1 unspecified atom stereocenters. The lowest BCUT2D eigenvalue weighted by molar-refractivity contribution is -0.174. The van der Waals surface area contributed by atoms with Crippen LogP contribution in [0.5, 0.6) is 0 Å². The van der Waals surface area contributed by atoms with Gasteiger partial charge in [-0.1, -0.05) is 18.2 Å². The van der Waals surface area contributed by atoms with Crippen LogP contribution in [0.3, 0.4) is 0 Å². The van der Waals surface area contributed by atoms with E-state index in [-0.39, 0.29) is 6.61 Å². The quantitative estimate of drug-likeness (QED) is 0.798. The molecule has 0 aliphatic carbocycles. The van der Waals surface area contributed by atoms with Crippen molar-refractivity contribution in [3.63, 3.8) is 0 Å². The summed E-state index contributed by atoms with van der Waals surface area (Å²) in [6.45, 7) is -1.15. The summed E-state index contributed by atoms with van der Waals surface area (Å²) in [4.78, 5) is 0. The smallest absolute Gasteiger partial charge is 0.371 e. The molecule has 0 aliphatic rings. The summed E-state index contributed by atoms with van der Waals surface area (Å²) < 4.78 is 54.0. The molecule has 1 atom stereocenters. The van der Waals surface area contributed by atoms with Crippen molar-refractivity contribution >= 4 is 0 Å². The second kappa shape index (κ2) is 6.70. The van der Waals surface area contributed by atoms with Gasteiger partial charge in [0, 0.05) is 12.5 Å². The van der Waals surface area contributed by atoms with Gasteiger partial charge in [0.25, 0.3) is 0 Å².